The summed E-state index contributed by atoms with van der Waals surface area (Å²) in [4.78, 5) is 26.1. The summed E-state index contributed by atoms with van der Waals surface area (Å²) in [7, 11) is 1.75. The Balaban J connectivity index is 1.67. The van der Waals surface area contributed by atoms with Gasteiger partial charge in [-0.25, -0.2) is 4.79 Å². The second-order valence-electron chi connectivity index (χ2n) is 5.89. The number of hydrogen-bond acceptors (Lipinski definition) is 4. The van der Waals surface area contributed by atoms with E-state index >= 15 is 0 Å². The summed E-state index contributed by atoms with van der Waals surface area (Å²) in [6, 6.07) is 10.9. The summed E-state index contributed by atoms with van der Waals surface area (Å²) in [6.45, 7) is 1.95. The Bertz CT molecular complexity index is 876. The summed E-state index contributed by atoms with van der Waals surface area (Å²) < 4.78 is 11.8. The SMILES string of the molecule is C[C@H](CCc1ccco1)N(C)C(=O)Cn1c(=O)oc2ccccc21. The van der Waals surface area contributed by atoms with Crippen LogP contribution in [0.3, 0.4) is 0 Å². The van der Waals surface area contributed by atoms with E-state index in [2.05, 4.69) is 0 Å². The second kappa shape index (κ2) is 6.78. The molecule has 126 valence electrons. The lowest BCUT2D eigenvalue weighted by Crippen LogP contribution is -2.38. The minimum Gasteiger partial charge on any atom is -0.469 e. The minimum atomic E-state index is -0.513. The predicted molar refractivity (Wildman–Crippen MR) is 89.7 cm³/mol. The number of carbonyl (C=O) groups is 1. The van der Waals surface area contributed by atoms with Gasteiger partial charge < -0.3 is 13.7 Å². The van der Waals surface area contributed by atoms with Crippen LogP contribution in [0.15, 0.2) is 56.3 Å². The third-order valence-electron chi connectivity index (χ3n) is 4.31. The molecular weight excluding hydrogens is 308 g/mol. The van der Waals surface area contributed by atoms with Crippen molar-refractivity contribution in [1.82, 2.24) is 9.47 Å². The van der Waals surface area contributed by atoms with Crippen molar-refractivity contribution in [3.63, 3.8) is 0 Å². The van der Waals surface area contributed by atoms with Crippen LogP contribution >= 0.6 is 0 Å². The van der Waals surface area contributed by atoms with Gasteiger partial charge >= 0.3 is 5.76 Å². The molecule has 6 nitrogen and oxygen atoms in total. The van der Waals surface area contributed by atoms with E-state index in [4.69, 9.17) is 8.83 Å². The molecule has 24 heavy (non-hydrogen) atoms. The van der Waals surface area contributed by atoms with Gasteiger partial charge in [-0.3, -0.25) is 9.36 Å². The molecule has 0 bridgehead atoms. The first-order chi connectivity index (χ1) is 11.6. The lowest BCUT2D eigenvalue weighted by molar-refractivity contribution is -0.132. The van der Waals surface area contributed by atoms with Crippen LogP contribution in [0.4, 0.5) is 0 Å². The fourth-order valence-corrected chi connectivity index (χ4v) is 2.66. The summed E-state index contributed by atoms with van der Waals surface area (Å²) in [5.41, 5.74) is 1.12. The molecule has 0 radical (unpaired) electrons. The second-order valence-corrected chi connectivity index (χ2v) is 5.89. The number of amides is 1. The largest absolute Gasteiger partial charge is 0.469 e. The Labute approximate surface area is 139 Å². The van der Waals surface area contributed by atoms with Crippen molar-refractivity contribution in [2.45, 2.75) is 32.4 Å². The molecule has 0 aliphatic rings. The zero-order valence-electron chi connectivity index (χ0n) is 13.8. The molecule has 3 aromatic rings. The van der Waals surface area contributed by atoms with Crippen LogP contribution in [0, 0.1) is 0 Å². The normalized spacial score (nSPS) is 12.4. The quantitative estimate of drug-likeness (QED) is 0.697. The first-order valence-corrected chi connectivity index (χ1v) is 7.92. The summed E-state index contributed by atoms with van der Waals surface area (Å²) in [5.74, 6) is 0.261. The van der Waals surface area contributed by atoms with E-state index in [-0.39, 0.29) is 18.5 Å². The Hall–Kier alpha value is -2.76. The molecule has 0 saturated carbocycles. The van der Waals surface area contributed by atoms with E-state index in [1.165, 1.54) is 4.57 Å². The molecule has 0 N–H and O–H groups in total. The van der Waals surface area contributed by atoms with Gasteiger partial charge in [0.05, 0.1) is 11.8 Å². The highest BCUT2D eigenvalue weighted by molar-refractivity contribution is 5.79. The molecule has 0 unspecified atom stereocenters. The number of likely N-dealkylation sites (N-methyl/N-ethyl adjacent to an activating group) is 1. The fraction of sp³-hybridized carbons (Fsp3) is 0.333. The van der Waals surface area contributed by atoms with E-state index in [0.717, 1.165) is 18.6 Å². The van der Waals surface area contributed by atoms with Crippen molar-refractivity contribution in [3.8, 4) is 0 Å². The maximum absolute atomic E-state index is 12.5. The van der Waals surface area contributed by atoms with Gasteiger partial charge in [-0.2, -0.15) is 0 Å². The lowest BCUT2D eigenvalue weighted by Gasteiger charge is -2.24. The van der Waals surface area contributed by atoms with Crippen molar-refractivity contribution >= 4 is 17.0 Å². The molecule has 0 fully saturated rings. The van der Waals surface area contributed by atoms with Gasteiger partial charge in [0.1, 0.15) is 12.3 Å². The number of nitrogens with zero attached hydrogens (tertiary/aromatic N) is 2. The van der Waals surface area contributed by atoms with Crippen molar-refractivity contribution < 1.29 is 13.6 Å². The third-order valence-corrected chi connectivity index (χ3v) is 4.31. The van der Waals surface area contributed by atoms with E-state index in [1.807, 2.05) is 25.1 Å². The molecule has 0 saturated heterocycles. The van der Waals surface area contributed by atoms with Crippen molar-refractivity contribution in [3.05, 3.63) is 59.0 Å². The highest BCUT2D eigenvalue weighted by Gasteiger charge is 2.19. The third kappa shape index (κ3) is 3.27. The van der Waals surface area contributed by atoms with Gasteiger partial charge in [0.25, 0.3) is 0 Å². The fourth-order valence-electron chi connectivity index (χ4n) is 2.66. The highest BCUT2D eigenvalue weighted by atomic mass is 16.4. The smallest absolute Gasteiger partial charge is 0.420 e. The lowest BCUT2D eigenvalue weighted by atomic mass is 10.1. The molecule has 2 aromatic heterocycles. The van der Waals surface area contributed by atoms with Crippen molar-refractivity contribution in [2.75, 3.05) is 7.05 Å². The van der Waals surface area contributed by atoms with E-state index in [9.17, 15) is 9.59 Å². The van der Waals surface area contributed by atoms with Crippen LogP contribution in [0.1, 0.15) is 19.1 Å². The first-order valence-electron chi connectivity index (χ1n) is 7.92. The zero-order valence-corrected chi connectivity index (χ0v) is 13.8. The Kier molecular flexibility index (Phi) is 4.55. The van der Waals surface area contributed by atoms with Gasteiger partial charge in [0, 0.05) is 19.5 Å². The van der Waals surface area contributed by atoms with Crippen LogP contribution in [-0.2, 0) is 17.8 Å². The van der Waals surface area contributed by atoms with Gasteiger partial charge in [-0.1, -0.05) is 12.1 Å². The van der Waals surface area contributed by atoms with Crippen LogP contribution in [0.5, 0.6) is 0 Å². The Morgan fingerprint density at radius 2 is 2.04 bits per heavy atom. The maximum Gasteiger partial charge on any atom is 0.420 e. The van der Waals surface area contributed by atoms with Crippen LogP contribution in [0.25, 0.3) is 11.1 Å². The van der Waals surface area contributed by atoms with Gasteiger partial charge in [-0.05, 0) is 37.6 Å². The number of fused-ring (bicyclic) bond motifs is 1. The van der Waals surface area contributed by atoms with Crippen molar-refractivity contribution in [1.29, 1.82) is 0 Å². The molecule has 1 aromatic carbocycles. The van der Waals surface area contributed by atoms with Crippen LogP contribution in [0.2, 0.25) is 0 Å². The van der Waals surface area contributed by atoms with Crippen LogP contribution < -0.4 is 5.76 Å². The molecule has 3 rings (SSSR count). The van der Waals surface area contributed by atoms with Crippen LogP contribution in [-0.4, -0.2) is 28.5 Å². The zero-order chi connectivity index (χ0) is 17.1. The Morgan fingerprint density at radius 1 is 1.25 bits per heavy atom. The maximum atomic E-state index is 12.5. The summed E-state index contributed by atoms with van der Waals surface area (Å²) >= 11 is 0. The number of rotatable bonds is 6. The van der Waals surface area contributed by atoms with E-state index < -0.39 is 5.76 Å². The number of furan rings is 1. The number of carbonyl (C=O) groups excluding carboxylic acids is 1. The number of aryl methyl sites for hydroxylation is 1. The van der Waals surface area contributed by atoms with Gasteiger partial charge in [-0.15, -0.1) is 0 Å². The molecule has 0 aliphatic heterocycles. The molecule has 6 heteroatoms. The molecular formula is C18H20N2O4. The molecule has 2 heterocycles. The molecule has 0 aliphatic carbocycles. The number of aromatic nitrogens is 1. The highest BCUT2D eigenvalue weighted by Crippen LogP contribution is 2.13. The summed E-state index contributed by atoms with van der Waals surface area (Å²) in [5, 5.41) is 0. The molecule has 0 spiro atoms. The number of para-hydroxylation sites is 2. The van der Waals surface area contributed by atoms with Gasteiger partial charge in [0.15, 0.2) is 5.58 Å². The summed E-state index contributed by atoms with van der Waals surface area (Å²) in [6.07, 6.45) is 3.20. The van der Waals surface area contributed by atoms with E-state index in [0.29, 0.717) is 11.1 Å². The minimum absolute atomic E-state index is 0.0303. The topological polar surface area (TPSA) is 68.6 Å². The average Bonchev–Trinajstić information content (AvgIpc) is 3.20. The Morgan fingerprint density at radius 3 is 2.79 bits per heavy atom. The van der Waals surface area contributed by atoms with Gasteiger partial charge in [0.2, 0.25) is 5.91 Å². The van der Waals surface area contributed by atoms with E-state index in [1.54, 1.807) is 36.4 Å². The first kappa shape index (κ1) is 16.1. The monoisotopic (exact) mass is 328 g/mol. The van der Waals surface area contributed by atoms with Crippen molar-refractivity contribution in [2.24, 2.45) is 0 Å². The molecule has 1 atom stereocenters. The molecule has 1 amide bonds. The number of oxazole rings is 1. The number of benzene rings is 1. The average molecular weight is 328 g/mol. The number of hydrogen-bond donors (Lipinski definition) is 0. The predicted octanol–water partition coefficient (Wildman–Crippen LogP) is 2.67. The standard InChI is InChI=1S/C18H20N2O4/c1-13(9-10-14-6-5-11-23-14)19(2)17(21)12-20-15-7-3-4-8-16(15)24-18(20)22/h3-8,11,13H,9-10,12H2,1-2H3/t13-/m1/s1.